The van der Waals surface area contributed by atoms with Crippen LogP contribution < -0.4 is 5.32 Å². The van der Waals surface area contributed by atoms with E-state index in [1.54, 1.807) is 0 Å². The third-order valence-corrected chi connectivity index (χ3v) is 3.11. The summed E-state index contributed by atoms with van der Waals surface area (Å²) in [5.41, 5.74) is 0. The summed E-state index contributed by atoms with van der Waals surface area (Å²) in [6.45, 7) is 8.91. The third-order valence-electron chi connectivity index (χ3n) is 3.11. The number of carbonyl (C=O) groups is 1. The van der Waals surface area contributed by atoms with Crippen LogP contribution in [0.25, 0.3) is 0 Å². The largest absolute Gasteiger partial charge is 0.356 e. The van der Waals surface area contributed by atoms with E-state index in [-0.39, 0.29) is 5.91 Å². The molecule has 0 heterocycles. The molecular weight excluding hydrogens is 222 g/mol. The third kappa shape index (κ3) is 13.3. The molecule has 18 heavy (non-hydrogen) atoms. The molecule has 0 aromatic carbocycles. The van der Waals surface area contributed by atoms with Crippen molar-refractivity contribution in [3.8, 4) is 0 Å². The van der Waals surface area contributed by atoms with Gasteiger partial charge >= 0.3 is 0 Å². The van der Waals surface area contributed by atoms with Crippen molar-refractivity contribution in [2.45, 2.75) is 71.6 Å². The second-order valence-electron chi connectivity index (χ2n) is 5.48. The first kappa shape index (κ1) is 17.2. The van der Waals surface area contributed by atoms with Crippen LogP contribution in [-0.4, -0.2) is 12.5 Å². The van der Waals surface area contributed by atoms with E-state index in [9.17, 15) is 4.79 Å². The Morgan fingerprint density at radius 2 is 1.72 bits per heavy atom. The molecule has 1 N–H and O–H groups in total. The van der Waals surface area contributed by atoms with Gasteiger partial charge in [0.2, 0.25) is 5.91 Å². The zero-order valence-corrected chi connectivity index (χ0v) is 12.3. The standard InChI is InChI=1S/C16H31NO/c1-4-5-6-7-8-9-10-11-12-16(18)17-14-13-15(2)3/h4,15H,1,5-14H2,2-3H3,(H,17,18). The molecule has 106 valence electrons. The van der Waals surface area contributed by atoms with E-state index < -0.39 is 0 Å². The predicted octanol–water partition coefficient (Wildman–Crippen LogP) is 4.46. The fraction of sp³-hybridized carbons (Fsp3) is 0.812. The fourth-order valence-electron chi connectivity index (χ4n) is 1.87. The molecular formula is C16H31NO. The number of nitrogens with one attached hydrogen (secondary N) is 1. The Bertz CT molecular complexity index is 211. The normalized spacial score (nSPS) is 10.6. The molecule has 0 unspecified atom stereocenters. The second kappa shape index (κ2) is 12.7. The van der Waals surface area contributed by atoms with E-state index in [2.05, 4.69) is 25.7 Å². The zero-order valence-electron chi connectivity index (χ0n) is 12.3. The van der Waals surface area contributed by atoms with Crippen molar-refractivity contribution in [1.29, 1.82) is 0 Å². The molecule has 0 spiro atoms. The SMILES string of the molecule is C=CCCCCCCCCC(=O)NCCC(C)C. The average molecular weight is 253 g/mol. The summed E-state index contributed by atoms with van der Waals surface area (Å²) in [4.78, 5) is 11.5. The molecule has 0 aliphatic rings. The fourth-order valence-corrected chi connectivity index (χ4v) is 1.87. The lowest BCUT2D eigenvalue weighted by atomic mass is 10.1. The summed E-state index contributed by atoms with van der Waals surface area (Å²) < 4.78 is 0. The van der Waals surface area contributed by atoms with Crippen molar-refractivity contribution in [2.24, 2.45) is 5.92 Å². The van der Waals surface area contributed by atoms with Gasteiger partial charge in [0.25, 0.3) is 0 Å². The molecule has 0 aromatic heterocycles. The van der Waals surface area contributed by atoms with Gasteiger partial charge in [0.1, 0.15) is 0 Å². The Morgan fingerprint density at radius 3 is 2.33 bits per heavy atom. The van der Waals surface area contributed by atoms with Gasteiger partial charge in [-0.05, 0) is 31.6 Å². The maximum Gasteiger partial charge on any atom is 0.219 e. The quantitative estimate of drug-likeness (QED) is 0.404. The van der Waals surface area contributed by atoms with Gasteiger partial charge < -0.3 is 5.32 Å². The summed E-state index contributed by atoms with van der Waals surface area (Å²) >= 11 is 0. The highest BCUT2D eigenvalue weighted by Crippen LogP contribution is 2.08. The van der Waals surface area contributed by atoms with Crippen molar-refractivity contribution in [3.63, 3.8) is 0 Å². The first-order chi connectivity index (χ1) is 8.66. The highest BCUT2D eigenvalue weighted by atomic mass is 16.1. The summed E-state index contributed by atoms with van der Waals surface area (Å²) in [6.07, 6.45) is 12.2. The lowest BCUT2D eigenvalue weighted by molar-refractivity contribution is -0.121. The van der Waals surface area contributed by atoms with Gasteiger partial charge in [-0.2, -0.15) is 0 Å². The summed E-state index contributed by atoms with van der Waals surface area (Å²) in [5, 5.41) is 2.98. The monoisotopic (exact) mass is 253 g/mol. The topological polar surface area (TPSA) is 29.1 Å². The Labute approximate surface area is 113 Å². The minimum absolute atomic E-state index is 0.224. The van der Waals surface area contributed by atoms with Crippen LogP contribution in [0.3, 0.4) is 0 Å². The molecule has 2 nitrogen and oxygen atoms in total. The van der Waals surface area contributed by atoms with E-state index in [0.29, 0.717) is 12.3 Å². The van der Waals surface area contributed by atoms with Crippen molar-refractivity contribution in [2.75, 3.05) is 6.54 Å². The molecule has 0 atom stereocenters. The lowest BCUT2D eigenvalue weighted by Crippen LogP contribution is -2.24. The Morgan fingerprint density at radius 1 is 1.11 bits per heavy atom. The number of hydrogen-bond donors (Lipinski definition) is 1. The van der Waals surface area contributed by atoms with Gasteiger partial charge in [0.05, 0.1) is 0 Å². The second-order valence-corrected chi connectivity index (χ2v) is 5.48. The molecule has 0 radical (unpaired) electrons. The van der Waals surface area contributed by atoms with Crippen LogP contribution >= 0.6 is 0 Å². The number of carbonyl (C=O) groups excluding carboxylic acids is 1. The Hall–Kier alpha value is -0.790. The van der Waals surface area contributed by atoms with Crippen LogP contribution in [-0.2, 0) is 4.79 Å². The van der Waals surface area contributed by atoms with E-state index in [1.165, 1.54) is 32.1 Å². The molecule has 0 aliphatic heterocycles. The predicted molar refractivity (Wildman–Crippen MR) is 79.6 cm³/mol. The smallest absolute Gasteiger partial charge is 0.219 e. The molecule has 2 heteroatoms. The summed E-state index contributed by atoms with van der Waals surface area (Å²) in [6, 6.07) is 0. The molecule has 0 aliphatic carbocycles. The summed E-state index contributed by atoms with van der Waals surface area (Å²) in [7, 11) is 0. The van der Waals surface area contributed by atoms with Crippen LogP contribution in [0.2, 0.25) is 0 Å². The zero-order chi connectivity index (χ0) is 13.6. The Kier molecular flexibility index (Phi) is 12.1. The van der Waals surface area contributed by atoms with E-state index in [1.807, 2.05) is 6.08 Å². The minimum Gasteiger partial charge on any atom is -0.356 e. The first-order valence-electron chi connectivity index (χ1n) is 7.54. The molecule has 1 amide bonds. The molecule has 0 rings (SSSR count). The molecule has 0 fully saturated rings. The van der Waals surface area contributed by atoms with Gasteiger partial charge in [-0.15, -0.1) is 6.58 Å². The maximum absolute atomic E-state index is 11.5. The number of unbranched alkanes of at least 4 members (excludes halogenated alkanes) is 6. The van der Waals surface area contributed by atoms with Gasteiger partial charge in [-0.1, -0.05) is 45.6 Å². The number of rotatable bonds is 12. The Balaban J connectivity index is 3.17. The van der Waals surface area contributed by atoms with Crippen LogP contribution in [0.5, 0.6) is 0 Å². The number of allylic oxidation sites excluding steroid dienone is 1. The van der Waals surface area contributed by atoms with Crippen LogP contribution in [0, 0.1) is 5.92 Å². The van der Waals surface area contributed by atoms with Crippen molar-refractivity contribution in [3.05, 3.63) is 12.7 Å². The highest BCUT2D eigenvalue weighted by molar-refractivity contribution is 5.75. The number of amides is 1. The van der Waals surface area contributed by atoms with Gasteiger partial charge in [-0.3, -0.25) is 4.79 Å². The van der Waals surface area contributed by atoms with Crippen molar-refractivity contribution in [1.82, 2.24) is 5.32 Å². The van der Waals surface area contributed by atoms with Crippen LogP contribution in [0.4, 0.5) is 0 Å². The van der Waals surface area contributed by atoms with Gasteiger partial charge in [0.15, 0.2) is 0 Å². The van der Waals surface area contributed by atoms with Crippen molar-refractivity contribution >= 4 is 5.91 Å². The lowest BCUT2D eigenvalue weighted by Gasteiger charge is -2.07. The molecule has 0 aromatic rings. The van der Waals surface area contributed by atoms with Crippen LogP contribution in [0.1, 0.15) is 71.6 Å². The molecule has 0 saturated carbocycles. The van der Waals surface area contributed by atoms with Crippen LogP contribution in [0.15, 0.2) is 12.7 Å². The maximum atomic E-state index is 11.5. The van der Waals surface area contributed by atoms with E-state index >= 15 is 0 Å². The average Bonchev–Trinajstić information content (AvgIpc) is 2.32. The van der Waals surface area contributed by atoms with E-state index in [4.69, 9.17) is 0 Å². The summed E-state index contributed by atoms with van der Waals surface area (Å²) in [5.74, 6) is 0.892. The van der Waals surface area contributed by atoms with E-state index in [0.717, 1.165) is 25.8 Å². The van der Waals surface area contributed by atoms with Gasteiger partial charge in [0, 0.05) is 13.0 Å². The molecule has 0 saturated heterocycles. The first-order valence-corrected chi connectivity index (χ1v) is 7.54. The highest BCUT2D eigenvalue weighted by Gasteiger charge is 2.01. The minimum atomic E-state index is 0.224. The number of hydrogen-bond acceptors (Lipinski definition) is 1. The van der Waals surface area contributed by atoms with Gasteiger partial charge in [-0.25, -0.2) is 0 Å². The van der Waals surface area contributed by atoms with Crippen molar-refractivity contribution < 1.29 is 4.79 Å². The molecule has 0 bridgehead atoms.